The van der Waals surface area contributed by atoms with Crippen LogP contribution in [0.4, 0.5) is 0 Å². The zero-order valence-electron chi connectivity index (χ0n) is 19.2. The number of carbonyl (C=O) groups excluding carboxylic acids is 4. The summed E-state index contributed by atoms with van der Waals surface area (Å²) < 4.78 is 0. The summed E-state index contributed by atoms with van der Waals surface area (Å²) in [5, 5.41) is 16.6. The Labute approximate surface area is 192 Å². The van der Waals surface area contributed by atoms with Crippen molar-refractivity contribution in [2.75, 3.05) is 6.54 Å². The summed E-state index contributed by atoms with van der Waals surface area (Å²) in [5.74, 6) is -4.30. The first-order valence-electron chi connectivity index (χ1n) is 10.5. The molecule has 33 heavy (non-hydrogen) atoms. The fourth-order valence-corrected chi connectivity index (χ4v) is 2.73. The number of carbonyl (C=O) groups is 5. The third-order valence-electron chi connectivity index (χ3n) is 4.41. The summed E-state index contributed by atoms with van der Waals surface area (Å²) in [6.45, 7) is 5.16. The molecule has 0 aliphatic rings. The van der Waals surface area contributed by atoms with Gasteiger partial charge in [0.25, 0.3) is 0 Å². The Kier molecular flexibility index (Phi) is 13.1. The predicted molar refractivity (Wildman–Crippen MR) is 120 cm³/mol. The fourth-order valence-electron chi connectivity index (χ4n) is 2.73. The number of guanidine groups is 1. The van der Waals surface area contributed by atoms with Crippen LogP contribution >= 0.6 is 0 Å². The van der Waals surface area contributed by atoms with E-state index in [1.807, 2.05) is 13.8 Å². The first kappa shape index (κ1) is 29.6. The number of rotatable bonds is 15. The van der Waals surface area contributed by atoms with Crippen LogP contribution in [-0.4, -0.2) is 71.4 Å². The molecule has 0 fully saturated rings. The molecule has 0 aliphatic heterocycles. The van der Waals surface area contributed by atoms with Crippen LogP contribution in [0, 0.1) is 5.92 Å². The molecule has 4 unspecified atom stereocenters. The average molecular weight is 473 g/mol. The minimum absolute atomic E-state index is 0.00107. The van der Waals surface area contributed by atoms with Crippen molar-refractivity contribution in [3.63, 3.8) is 0 Å². The molecule has 0 bridgehead atoms. The van der Waals surface area contributed by atoms with Gasteiger partial charge in [-0.1, -0.05) is 13.8 Å². The van der Waals surface area contributed by atoms with Gasteiger partial charge in [-0.15, -0.1) is 0 Å². The zero-order chi connectivity index (χ0) is 25.7. The Hall–Kier alpha value is -3.42. The van der Waals surface area contributed by atoms with Gasteiger partial charge in [-0.05, 0) is 32.1 Å². The summed E-state index contributed by atoms with van der Waals surface area (Å²) >= 11 is 0. The number of hydrogen-bond donors (Lipinski definition) is 8. The number of primary amides is 1. The number of amides is 4. The van der Waals surface area contributed by atoms with Crippen LogP contribution < -0.4 is 38.9 Å². The van der Waals surface area contributed by atoms with Crippen LogP contribution in [0.1, 0.15) is 46.5 Å². The van der Waals surface area contributed by atoms with E-state index in [9.17, 15) is 29.1 Å². The van der Waals surface area contributed by atoms with Gasteiger partial charge in [-0.3, -0.25) is 24.2 Å². The second-order valence-electron chi connectivity index (χ2n) is 8.05. The Morgan fingerprint density at radius 1 is 0.879 bits per heavy atom. The Morgan fingerprint density at radius 2 is 1.45 bits per heavy atom. The maximum Gasteiger partial charge on any atom is 0.326 e. The molecule has 0 saturated carbocycles. The van der Waals surface area contributed by atoms with Gasteiger partial charge < -0.3 is 44.0 Å². The van der Waals surface area contributed by atoms with E-state index < -0.39 is 60.2 Å². The van der Waals surface area contributed by atoms with Gasteiger partial charge in [0.1, 0.15) is 18.1 Å². The van der Waals surface area contributed by atoms with E-state index in [4.69, 9.17) is 22.9 Å². The molecule has 188 valence electrons. The molecule has 0 aromatic heterocycles. The summed E-state index contributed by atoms with van der Waals surface area (Å²) in [7, 11) is 0. The van der Waals surface area contributed by atoms with Gasteiger partial charge in [0, 0.05) is 6.54 Å². The van der Waals surface area contributed by atoms with E-state index in [0.29, 0.717) is 6.42 Å². The lowest BCUT2D eigenvalue weighted by Gasteiger charge is -2.24. The second kappa shape index (κ2) is 14.6. The molecular formula is C19H36N8O6. The number of hydrogen-bond acceptors (Lipinski definition) is 7. The molecule has 0 saturated heterocycles. The molecule has 0 rings (SSSR count). The van der Waals surface area contributed by atoms with Gasteiger partial charge in [0.15, 0.2) is 5.96 Å². The molecule has 0 aliphatic carbocycles. The van der Waals surface area contributed by atoms with Crippen molar-refractivity contribution < 1.29 is 29.1 Å². The highest BCUT2D eigenvalue weighted by atomic mass is 16.4. The number of aliphatic imine (C=N–C) groups is 1. The van der Waals surface area contributed by atoms with Crippen LogP contribution in [0.3, 0.4) is 0 Å². The van der Waals surface area contributed by atoms with Crippen LogP contribution in [0.15, 0.2) is 4.99 Å². The topological polar surface area (TPSA) is 258 Å². The maximum atomic E-state index is 12.7. The highest BCUT2D eigenvalue weighted by Crippen LogP contribution is 2.07. The number of nitrogens with one attached hydrogen (secondary N) is 3. The summed E-state index contributed by atoms with van der Waals surface area (Å²) in [4.78, 5) is 63.5. The number of carboxylic acid groups (broad SMARTS) is 1. The van der Waals surface area contributed by atoms with Crippen molar-refractivity contribution >= 4 is 35.6 Å². The van der Waals surface area contributed by atoms with Crippen LogP contribution in [0.2, 0.25) is 0 Å². The molecule has 14 nitrogen and oxygen atoms in total. The molecule has 0 heterocycles. The molecule has 12 N–H and O–H groups in total. The Balaban J connectivity index is 5.26. The molecular weight excluding hydrogens is 436 g/mol. The number of nitrogens with two attached hydrogens (primary N) is 4. The SMILES string of the molecule is CC(C)CC(NC(=O)C(CCCN=C(N)N)NC(=O)C(C)NC(=O)C(N)CC(N)=O)C(=O)O. The lowest BCUT2D eigenvalue weighted by molar-refractivity contribution is -0.142. The molecule has 14 heteroatoms. The molecule has 0 spiro atoms. The van der Waals surface area contributed by atoms with Crippen LogP contribution in [0.5, 0.6) is 0 Å². The second-order valence-corrected chi connectivity index (χ2v) is 8.05. The van der Waals surface area contributed by atoms with Gasteiger partial charge >= 0.3 is 5.97 Å². The zero-order valence-corrected chi connectivity index (χ0v) is 19.2. The monoisotopic (exact) mass is 472 g/mol. The van der Waals surface area contributed by atoms with Crippen molar-refractivity contribution in [1.82, 2.24) is 16.0 Å². The summed E-state index contributed by atoms with van der Waals surface area (Å²) in [6.07, 6.45) is 0.203. The first-order chi connectivity index (χ1) is 15.2. The van der Waals surface area contributed by atoms with E-state index in [0.717, 1.165) is 0 Å². The van der Waals surface area contributed by atoms with E-state index in [1.165, 1.54) is 6.92 Å². The largest absolute Gasteiger partial charge is 0.480 e. The average Bonchev–Trinajstić information content (AvgIpc) is 2.68. The van der Waals surface area contributed by atoms with E-state index in [2.05, 4.69) is 20.9 Å². The Bertz CT molecular complexity index is 738. The van der Waals surface area contributed by atoms with Crippen molar-refractivity contribution in [1.29, 1.82) is 0 Å². The standard InChI is InChI=1S/C19H36N8O6/c1-9(2)7-13(18(32)33)27-17(31)12(5-4-6-24-19(22)23)26-15(29)10(3)25-16(30)11(20)8-14(21)28/h9-13H,4-8,20H2,1-3H3,(H2,21,28)(H,25,30)(H,26,29)(H,27,31)(H,32,33)(H4,22,23,24). The highest BCUT2D eigenvalue weighted by molar-refractivity contribution is 5.94. The van der Waals surface area contributed by atoms with E-state index >= 15 is 0 Å². The number of aliphatic carboxylic acids is 1. The fraction of sp³-hybridized carbons (Fsp3) is 0.684. The normalized spacial score (nSPS) is 14.3. The van der Waals surface area contributed by atoms with Crippen molar-refractivity contribution in [2.24, 2.45) is 33.8 Å². The van der Waals surface area contributed by atoms with Gasteiger partial charge in [-0.25, -0.2) is 4.79 Å². The third kappa shape index (κ3) is 12.9. The number of carboxylic acids is 1. The van der Waals surface area contributed by atoms with Gasteiger partial charge in [0.05, 0.1) is 12.5 Å². The predicted octanol–water partition coefficient (Wildman–Crippen LogP) is -3.15. The van der Waals surface area contributed by atoms with Crippen LogP contribution in [-0.2, 0) is 24.0 Å². The molecule has 0 radical (unpaired) electrons. The van der Waals surface area contributed by atoms with Crippen LogP contribution in [0.25, 0.3) is 0 Å². The molecule has 4 atom stereocenters. The van der Waals surface area contributed by atoms with Gasteiger partial charge in [0.2, 0.25) is 23.6 Å². The van der Waals surface area contributed by atoms with E-state index in [1.54, 1.807) is 0 Å². The number of nitrogens with zero attached hydrogens (tertiary/aromatic N) is 1. The summed E-state index contributed by atoms with van der Waals surface area (Å²) in [5.41, 5.74) is 21.1. The van der Waals surface area contributed by atoms with Crippen molar-refractivity contribution in [3.05, 3.63) is 0 Å². The first-order valence-corrected chi connectivity index (χ1v) is 10.5. The Morgan fingerprint density at radius 3 is 1.94 bits per heavy atom. The third-order valence-corrected chi connectivity index (χ3v) is 4.41. The smallest absolute Gasteiger partial charge is 0.326 e. The molecule has 0 aromatic rings. The summed E-state index contributed by atoms with van der Waals surface area (Å²) in [6, 6.07) is -4.59. The van der Waals surface area contributed by atoms with Crippen molar-refractivity contribution in [2.45, 2.75) is 70.6 Å². The maximum absolute atomic E-state index is 12.7. The quantitative estimate of drug-likeness (QED) is 0.0678. The minimum Gasteiger partial charge on any atom is -0.480 e. The molecule has 0 aromatic carbocycles. The minimum atomic E-state index is -1.23. The van der Waals surface area contributed by atoms with Gasteiger partial charge in [-0.2, -0.15) is 0 Å². The van der Waals surface area contributed by atoms with E-state index in [-0.39, 0.29) is 31.3 Å². The molecule has 4 amide bonds. The lowest BCUT2D eigenvalue weighted by atomic mass is 10.0. The van der Waals surface area contributed by atoms with Crippen molar-refractivity contribution in [3.8, 4) is 0 Å². The lowest BCUT2D eigenvalue weighted by Crippen LogP contribution is -2.56. The highest BCUT2D eigenvalue weighted by Gasteiger charge is 2.29.